The van der Waals surface area contributed by atoms with E-state index in [4.69, 9.17) is 11.6 Å². The molecule has 0 radical (unpaired) electrons. The van der Waals surface area contributed by atoms with Gasteiger partial charge in [-0.3, -0.25) is 0 Å². The maximum Gasteiger partial charge on any atom is 0.344 e. The number of fused-ring (bicyclic) bond motifs is 1. The molecule has 1 aliphatic rings. The number of rotatable bonds is 2. The third-order valence-electron chi connectivity index (χ3n) is 4.76. The quantitative estimate of drug-likeness (QED) is 0.649. The van der Waals surface area contributed by atoms with Crippen molar-refractivity contribution in [3.05, 3.63) is 62.1 Å². The standard InChI is InChI=1S/C18H16ClN3O2S/c1-10-8-12(13-9-20-18(19)25-13)22-15(10)21(2)16(23)14(17(22)24)11-6-4-3-5-7-11/h3-7,9-10,12H,8H2,1-2H3/t10-,12-/m1/s1. The highest BCUT2D eigenvalue weighted by molar-refractivity contribution is 7.15. The highest BCUT2D eigenvalue weighted by Gasteiger charge is 2.40. The molecule has 2 atom stereocenters. The molecule has 0 spiro atoms. The van der Waals surface area contributed by atoms with Crippen LogP contribution in [0, 0.1) is 0 Å². The van der Waals surface area contributed by atoms with E-state index >= 15 is 0 Å². The van der Waals surface area contributed by atoms with Crippen molar-refractivity contribution < 1.29 is 9.67 Å². The van der Waals surface area contributed by atoms with Crippen LogP contribution in [0.4, 0.5) is 0 Å². The molecule has 0 saturated heterocycles. The van der Waals surface area contributed by atoms with E-state index in [0.717, 1.165) is 17.1 Å². The van der Waals surface area contributed by atoms with Crippen LogP contribution < -0.4 is 15.2 Å². The Bertz CT molecular complexity index is 1010. The number of hydrogen-bond acceptors (Lipinski definition) is 4. The van der Waals surface area contributed by atoms with Crippen molar-refractivity contribution in [2.24, 2.45) is 7.05 Å². The summed E-state index contributed by atoms with van der Waals surface area (Å²) in [6.07, 6.45) is 2.47. The summed E-state index contributed by atoms with van der Waals surface area (Å²) in [6.45, 7) is 2.04. The molecule has 3 heterocycles. The van der Waals surface area contributed by atoms with E-state index in [2.05, 4.69) is 4.98 Å². The number of nitrogens with zero attached hydrogens (tertiary/aromatic N) is 3. The highest BCUT2D eigenvalue weighted by Crippen LogP contribution is 2.38. The summed E-state index contributed by atoms with van der Waals surface area (Å²) < 4.78 is 3.81. The lowest BCUT2D eigenvalue weighted by molar-refractivity contribution is -0.747. The molecule has 0 fully saturated rings. The molecule has 0 N–H and O–H groups in total. The lowest BCUT2D eigenvalue weighted by Crippen LogP contribution is -2.47. The smallest absolute Gasteiger partial charge is 0.344 e. The van der Waals surface area contributed by atoms with Gasteiger partial charge in [0.2, 0.25) is 0 Å². The minimum Gasteiger partial charge on any atom is -0.842 e. The summed E-state index contributed by atoms with van der Waals surface area (Å²) >= 11 is 7.37. The van der Waals surface area contributed by atoms with E-state index in [-0.39, 0.29) is 29.0 Å². The van der Waals surface area contributed by atoms with Crippen LogP contribution in [0.25, 0.3) is 11.1 Å². The fraction of sp³-hybridized carbons (Fsp3) is 0.278. The lowest BCUT2D eigenvalue weighted by Gasteiger charge is -2.19. The van der Waals surface area contributed by atoms with Gasteiger partial charge in [0, 0.05) is 12.6 Å². The fourth-order valence-corrected chi connectivity index (χ4v) is 4.74. The minimum absolute atomic E-state index is 0.0982. The van der Waals surface area contributed by atoms with Gasteiger partial charge in [-0.15, -0.1) is 11.3 Å². The molecule has 0 unspecified atom stereocenters. The normalized spacial score (nSPS) is 19.2. The Labute approximate surface area is 153 Å². The van der Waals surface area contributed by atoms with Crippen molar-refractivity contribution in [3.63, 3.8) is 0 Å². The van der Waals surface area contributed by atoms with Gasteiger partial charge in [-0.2, -0.15) is 4.57 Å². The Morgan fingerprint density at radius 2 is 2.08 bits per heavy atom. The number of hydrogen-bond donors (Lipinski definition) is 0. The topological polar surface area (TPSA) is 61.8 Å². The minimum atomic E-state index is -0.253. The molecule has 0 bridgehead atoms. The Morgan fingerprint density at radius 1 is 1.36 bits per heavy atom. The highest BCUT2D eigenvalue weighted by atomic mass is 35.5. The van der Waals surface area contributed by atoms with Crippen LogP contribution in [0.5, 0.6) is 5.88 Å². The van der Waals surface area contributed by atoms with Gasteiger partial charge in [0.15, 0.2) is 4.47 Å². The van der Waals surface area contributed by atoms with Gasteiger partial charge in [0.1, 0.15) is 11.6 Å². The monoisotopic (exact) mass is 373 g/mol. The van der Waals surface area contributed by atoms with E-state index in [0.29, 0.717) is 10.0 Å². The second-order valence-corrected chi connectivity index (χ2v) is 7.95. The zero-order valence-corrected chi connectivity index (χ0v) is 15.3. The molecule has 128 valence electrons. The molecule has 4 rings (SSSR count). The Hall–Kier alpha value is -2.18. The van der Waals surface area contributed by atoms with Crippen molar-refractivity contribution in [2.75, 3.05) is 0 Å². The van der Waals surface area contributed by atoms with Gasteiger partial charge < -0.3 is 5.11 Å². The summed E-state index contributed by atoms with van der Waals surface area (Å²) in [5, 5.41) is 13.3. The molecule has 1 aromatic carbocycles. The molecule has 3 aromatic rings. The summed E-state index contributed by atoms with van der Waals surface area (Å²) in [7, 11) is 1.73. The van der Waals surface area contributed by atoms with Gasteiger partial charge >= 0.3 is 5.56 Å². The number of aromatic nitrogens is 3. The largest absolute Gasteiger partial charge is 0.842 e. The first-order valence-electron chi connectivity index (χ1n) is 8.01. The molecule has 0 amide bonds. The van der Waals surface area contributed by atoms with Gasteiger partial charge in [0.05, 0.1) is 23.7 Å². The Balaban J connectivity index is 2.01. The third-order valence-corrected chi connectivity index (χ3v) is 5.97. The maximum atomic E-state index is 13.3. The summed E-state index contributed by atoms with van der Waals surface area (Å²) in [5.41, 5.74) is 0.600. The molecule has 2 aromatic heterocycles. The summed E-state index contributed by atoms with van der Waals surface area (Å²) in [5.74, 6) is 0.605. The van der Waals surface area contributed by atoms with Crippen molar-refractivity contribution >= 4 is 22.9 Å². The van der Waals surface area contributed by atoms with Gasteiger partial charge in [-0.25, -0.2) is 14.3 Å². The van der Waals surface area contributed by atoms with Crippen LogP contribution in [-0.4, -0.2) is 9.55 Å². The molecule has 1 aliphatic heterocycles. The van der Waals surface area contributed by atoms with Crippen molar-refractivity contribution in [1.29, 1.82) is 0 Å². The van der Waals surface area contributed by atoms with E-state index in [1.165, 1.54) is 11.3 Å². The lowest BCUT2D eigenvalue weighted by atomic mass is 10.1. The van der Waals surface area contributed by atoms with Gasteiger partial charge in [-0.1, -0.05) is 48.9 Å². The fourth-order valence-electron chi connectivity index (χ4n) is 3.68. The number of halogens is 1. The van der Waals surface area contributed by atoms with Gasteiger partial charge in [-0.05, 0) is 5.56 Å². The van der Waals surface area contributed by atoms with E-state index in [1.54, 1.807) is 34.5 Å². The van der Waals surface area contributed by atoms with Crippen molar-refractivity contribution in [2.45, 2.75) is 25.3 Å². The van der Waals surface area contributed by atoms with E-state index < -0.39 is 0 Å². The van der Waals surface area contributed by atoms with Crippen LogP contribution in [-0.2, 0) is 7.05 Å². The molecular formula is C18H16ClN3O2S. The van der Waals surface area contributed by atoms with Crippen LogP contribution in [0.15, 0.2) is 41.3 Å². The average molecular weight is 374 g/mol. The molecule has 25 heavy (non-hydrogen) atoms. The first kappa shape index (κ1) is 16.3. The van der Waals surface area contributed by atoms with Crippen LogP contribution in [0.1, 0.15) is 36.0 Å². The van der Waals surface area contributed by atoms with Crippen molar-refractivity contribution in [3.8, 4) is 17.0 Å². The molecule has 7 heteroatoms. The number of thiazole rings is 1. The first-order valence-corrected chi connectivity index (χ1v) is 9.20. The Kier molecular flexibility index (Phi) is 3.89. The van der Waals surface area contributed by atoms with E-state index in [1.807, 2.05) is 25.1 Å². The molecule has 0 saturated carbocycles. The van der Waals surface area contributed by atoms with Crippen LogP contribution >= 0.6 is 22.9 Å². The van der Waals surface area contributed by atoms with Gasteiger partial charge in [0.25, 0.3) is 5.82 Å². The predicted octanol–water partition coefficient (Wildman–Crippen LogP) is 2.62. The van der Waals surface area contributed by atoms with Crippen LogP contribution in [0.3, 0.4) is 0 Å². The van der Waals surface area contributed by atoms with E-state index in [9.17, 15) is 9.90 Å². The summed E-state index contributed by atoms with van der Waals surface area (Å²) in [4.78, 5) is 17.9. The maximum absolute atomic E-state index is 13.3. The Morgan fingerprint density at radius 3 is 2.72 bits per heavy atom. The average Bonchev–Trinajstić information content (AvgIpc) is 3.17. The van der Waals surface area contributed by atoms with Crippen molar-refractivity contribution in [1.82, 2.24) is 9.55 Å². The SMILES string of the molecule is C[C@@H]1C[C@H](c2cnc(Cl)s2)[n+]2c([O-])c(-c3ccccc3)c(=O)n(C)c21. The zero-order valence-electron chi connectivity index (χ0n) is 13.8. The first-order chi connectivity index (χ1) is 12.0. The third kappa shape index (κ3) is 2.48. The molecule has 0 aliphatic carbocycles. The molecular weight excluding hydrogens is 358 g/mol. The predicted molar refractivity (Wildman–Crippen MR) is 95.1 cm³/mol. The zero-order chi connectivity index (χ0) is 17.7. The second kappa shape index (κ2) is 5.97. The summed E-state index contributed by atoms with van der Waals surface area (Å²) in [6, 6.07) is 8.97. The second-order valence-electron chi connectivity index (χ2n) is 6.31. The molecule has 5 nitrogen and oxygen atoms in total. The van der Waals surface area contributed by atoms with Crippen LogP contribution in [0.2, 0.25) is 4.47 Å². The number of benzene rings is 1.